The van der Waals surface area contributed by atoms with Crippen LogP contribution in [0.3, 0.4) is 0 Å². The molecule has 2 aliphatic carbocycles. The van der Waals surface area contributed by atoms with Gasteiger partial charge in [-0.2, -0.15) is 0 Å². The van der Waals surface area contributed by atoms with Crippen LogP contribution in [0.4, 0.5) is 5.69 Å². The highest BCUT2D eigenvalue weighted by molar-refractivity contribution is 6.14. The van der Waals surface area contributed by atoms with Gasteiger partial charge < -0.3 is 26.6 Å². The quantitative estimate of drug-likeness (QED) is 0.380. The lowest BCUT2D eigenvalue weighted by Gasteiger charge is -2.29. The summed E-state index contributed by atoms with van der Waals surface area (Å²) in [5.74, 6) is -0.228. The molecule has 4 aliphatic rings. The number of hydrogen-bond acceptors (Lipinski definition) is 6. The maximum absolute atomic E-state index is 12.7. The second kappa shape index (κ2) is 12.9. The maximum atomic E-state index is 12.7. The fourth-order valence-electron chi connectivity index (χ4n) is 5.35. The second-order valence-electron chi connectivity index (χ2n) is 10.5. The molecule has 1 saturated heterocycles. The standard InChI is InChI=1S/C32H38N6O2/c1-34-32(40)28-21-36-29-13-12-24(20-27(29)30(28)37-26-6-3-2-4-7-26)22-8-10-23(11-9-22)31(39)35-16-5-17-38-18-14-25(33)15-19-38/h2-4,6-8,10-13,20-21,25,29,37H,5,9,14-19,33H2,1H3,(H,34,40)(H,35,39). The van der Waals surface area contributed by atoms with E-state index in [-0.39, 0.29) is 17.9 Å². The van der Waals surface area contributed by atoms with Gasteiger partial charge in [-0.1, -0.05) is 42.5 Å². The first-order valence-electron chi connectivity index (χ1n) is 14.1. The Labute approximate surface area is 236 Å². The van der Waals surface area contributed by atoms with Crippen molar-refractivity contribution in [3.63, 3.8) is 0 Å². The first kappa shape index (κ1) is 27.6. The minimum atomic E-state index is -0.193. The molecule has 0 radical (unpaired) electrons. The molecule has 40 heavy (non-hydrogen) atoms. The van der Waals surface area contributed by atoms with Gasteiger partial charge in [0.2, 0.25) is 0 Å². The summed E-state index contributed by atoms with van der Waals surface area (Å²) in [4.78, 5) is 32.5. The second-order valence-corrected chi connectivity index (χ2v) is 10.5. The molecule has 2 heterocycles. The van der Waals surface area contributed by atoms with Gasteiger partial charge in [-0.3, -0.25) is 14.6 Å². The lowest BCUT2D eigenvalue weighted by molar-refractivity contribution is -0.117. The Bertz CT molecular complexity index is 1340. The van der Waals surface area contributed by atoms with E-state index < -0.39 is 0 Å². The van der Waals surface area contributed by atoms with Crippen molar-refractivity contribution in [3.8, 4) is 0 Å². The molecule has 1 fully saturated rings. The van der Waals surface area contributed by atoms with E-state index in [0.29, 0.717) is 30.2 Å². The van der Waals surface area contributed by atoms with E-state index in [2.05, 4.69) is 44.1 Å². The van der Waals surface area contributed by atoms with Gasteiger partial charge in [0.15, 0.2) is 0 Å². The monoisotopic (exact) mass is 538 g/mol. The van der Waals surface area contributed by atoms with Gasteiger partial charge in [-0.15, -0.1) is 0 Å². The minimum Gasteiger partial charge on any atom is -0.355 e. The number of likely N-dealkylation sites (tertiary alicyclic amines) is 1. The molecule has 208 valence electrons. The molecule has 8 heteroatoms. The van der Waals surface area contributed by atoms with Gasteiger partial charge >= 0.3 is 0 Å². The fraction of sp³-hybridized carbons (Fsp3) is 0.344. The SMILES string of the molecule is CNC(=O)C1=C(Nc2ccccc2)C2=CC(=C3C=CC(C(=O)NCCCN4CCC(N)CC4)=CC3)C=CC2N=C1. The van der Waals surface area contributed by atoms with Gasteiger partial charge in [-0.25, -0.2) is 0 Å². The van der Waals surface area contributed by atoms with Crippen LogP contribution in [0, 0.1) is 0 Å². The molecule has 1 aromatic carbocycles. The molecule has 5 rings (SSSR count). The number of hydrogen-bond donors (Lipinski definition) is 4. The van der Waals surface area contributed by atoms with Gasteiger partial charge in [0.05, 0.1) is 17.3 Å². The summed E-state index contributed by atoms with van der Waals surface area (Å²) in [6.07, 6.45) is 17.4. The first-order chi connectivity index (χ1) is 19.5. The Morgan fingerprint density at radius 1 is 1.07 bits per heavy atom. The highest BCUT2D eigenvalue weighted by Gasteiger charge is 2.28. The van der Waals surface area contributed by atoms with Crippen molar-refractivity contribution in [1.82, 2.24) is 15.5 Å². The van der Waals surface area contributed by atoms with Crippen LogP contribution in [0.5, 0.6) is 0 Å². The normalized spacial score (nSPS) is 22.9. The highest BCUT2D eigenvalue weighted by atomic mass is 16.2. The summed E-state index contributed by atoms with van der Waals surface area (Å²) in [7, 11) is 1.62. The topological polar surface area (TPSA) is 112 Å². The van der Waals surface area contributed by atoms with Crippen LogP contribution in [0.15, 0.2) is 105 Å². The van der Waals surface area contributed by atoms with Gasteiger partial charge in [0.1, 0.15) is 0 Å². The van der Waals surface area contributed by atoms with Crippen molar-refractivity contribution in [2.24, 2.45) is 10.7 Å². The number of nitrogens with two attached hydrogens (primary N) is 1. The number of anilines is 1. The van der Waals surface area contributed by atoms with E-state index in [1.807, 2.05) is 48.6 Å². The summed E-state index contributed by atoms with van der Waals surface area (Å²) in [6, 6.07) is 9.98. The number of likely N-dealkylation sites (N-methyl/N-ethyl adjacent to an activating group) is 1. The number of nitrogens with zero attached hydrogens (tertiary/aromatic N) is 2. The number of amides is 2. The number of allylic oxidation sites excluding steroid dienone is 6. The maximum Gasteiger partial charge on any atom is 0.254 e. The molecule has 8 nitrogen and oxygen atoms in total. The molecule has 0 aromatic heterocycles. The third-order valence-corrected chi connectivity index (χ3v) is 7.73. The average Bonchev–Trinajstić information content (AvgIpc) is 3.00. The number of aliphatic imine (C=N–C) groups is 1. The number of benzene rings is 1. The van der Waals surface area contributed by atoms with Crippen molar-refractivity contribution < 1.29 is 9.59 Å². The molecule has 1 aromatic rings. The third-order valence-electron chi connectivity index (χ3n) is 7.73. The number of dihydropyridines is 1. The lowest BCUT2D eigenvalue weighted by Crippen LogP contribution is -2.40. The molecule has 2 amide bonds. The number of carbonyl (C=O) groups is 2. The van der Waals surface area contributed by atoms with E-state index in [9.17, 15) is 9.59 Å². The zero-order chi connectivity index (χ0) is 27.9. The molecule has 0 saturated carbocycles. The number of carbonyl (C=O) groups excluding carboxylic acids is 2. The van der Waals surface area contributed by atoms with Gasteiger partial charge in [0.25, 0.3) is 11.8 Å². The largest absolute Gasteiger partial charge is 0.355 e. The van der Waals surface area contributed by atoms with Crippen LogP contribution in [-0.4, -0.2) is 68.2 Å². The summed E-state index contributed by atoms with van der Waals surface area (Å²) in [5, 5.41) is 9.23. The smallest absolute Gasteiger partial charge is 0.254 e. The van der Waals surface area contributed by atoms with E-state index in [1.165, 1.54) is 0 Å². The number of rotatable bonds is 8. The zero-order valence-electron chi connectivity index (χ0n) is 23.0. The van der Waals surface area contributed by atoms with E-state index >= 15 is 0 Å². The van der Waals surface area contributed by atoms with Gasteiger partial charge in [-0.05, 0) is 80.7 Å². The van der Waals surface area contributed by atoms with Crippen LogP contribution >= 0.6 is 0 Å². The Morgan fingerprint density at radius 3 is 2.60 bits per heavy atom. The van der Waals surface area contributed by atoms with Crippen molar-refractivity contribution in [1.29, 1.82) is 0 Å². The summed E-state index contributed by atoms with van der Waals surface area (Å²) < 4.78 is 0. The van der Waals surface area contributed by atoms with Crippen LogP contribution in [0.2, 0.25) is 0 Å². The summed E-state index contributed by atoms with van der Waals surface area (Å²) in [5.41, 5.74) is 11.9. The minimum absolute atomic E-state index is 0.0345. The van der Waals surface area contributed by atoms with Crippen molar-refractivity contribution in [2.45, 2.75) is 37.8 Å². The molecule has 5 N–H and O–H groups in total. The molecular formula is C32H38N6O2. The van der Waals surface area contributed by atoms with Crippen molar-refractivity contribution >= 4 is 23.7 Å². The summed E-state index contributed by atoms with van der Waals surface area (Å²) in [6.45, 7) is 3.74. The summed E-state index contributed by atoms with van der Waals surface area (Å²) >= 11 is 0. The Balaban J connectivity index is 1.25. The average molecular weight is 539 g/mol. The third kappa shape index (κ3) is 6.58. The zero-order valence-corrected chi connectivity index (χ0v) is 23.0. The number of fused-ring (bicyclic) bond motifs is 1. The number of piperidine rings is 1. The molecule has 1 unspecified atom stereocenters. The molecule has 0 bridgehead atoms. The van der Waals surface area contributed by atoms with Crippen LogP contribution in [0.1, 0.15) is 25.7 Å². The predicted octanol–water partition coefficient (Wildman–Crippen LogP) is 3.16. The number of para-hydroxylation sites is 1. The van der Waals surface area contributed by atoms with Crippen molar-refractivity contribution in [2.75, 3.05) is 38.5 Å². The predicted molar refractivity (Wildman–Crippen MR) is 161 cm³/mol. The van der Waals surface area contributed by atoms with Crippen LogP contribution in [-0.2, 0) is 9.59 Å². The van der Waals surface area contributed by atoms with E-state index in [1.54, 1.807) is 13.3 Å². The van der Waals surface area contributed by atoms with Gasteiger partial charge in [0, 0.05) is 42.7 Å². The van der Waals surface area contributed by atoms with Crippen molar-refractivity contribution in [3.05, 3.63) is 100 Å². The lowest BCUT2D eigenvalue weighted by atomic mass is 9.87. The Hall–Kier alpha value is -4.01. The number of nitrogens with one attached hydrogen (secondary N) is 3. The van der Waals surface area contributed by atoms with E-state index in [4.69, 9.17) is 5.73 Å². The molecule has 2 aliphatic heterocycles. The Kier molecular flexibility index (Phi) is 8.88. The Morgan fingerprint density at radius 2 is 1.88 bits per heavy atom. The molecule has 0 spiro atoms. The fourth-order valence-corrected chi connectivity index (χ4v) is 5.35. The molecule has 1 atom stereocenters. The highest BCUT2D eigenvalue weighted by Crippen LogP contribution is 2.33. The first-order valence-corrected chi connectivity index (χ1v) is 14.1. The molecular weight excluding hydrogens is 500 g/mol. The van der Waals surface area contributed by atoms with Crippen LogP contribution in [0.25, 0.3) is 0 Å². The van der Waals surface area contributed by atoms with E-state index in [0.717, 1.165) is 67.0 Å². The van der Waals surface area contributed by atoms with Crippen LogP contribution < -0.4 is 21.7 Å².